The topological polar surface area (TPSA) is 96.8 Å². The molecule has 2 bridgehead atoms. The van der Waals surface area contributed by atoms with E-state index >= 15 is 0 Å². The smallest absolute Gasteiger partial charge is 0.313 e. The third-order valence-corrected chi connectivity index (χ3v) is 12.9. The third-order valence-electron chi connectivity index (χ3n) is 12.9. The molecule has 2 heterocycles. The maximum atomic E-state index is 14.5. The highest BCUT2D eigenvalue weighted by Gasteiger charge is 2.87. The molecule has 0 aromatic carbocycles. The van der Waals surface area contributed by atoms with Crippen LogP contribution in [0.5, 0.6) is 0 Å². The molecule has 0 aromatic rings. The van der Waals surface area contributed by atoms with Crippen molar-refractivity contribution in [3.63, 3.8) is 0 Å². The Morgan fingerprint density at radius 3 is 2.33 bits per heavy atom. The molecule has 6 heteroatoms. The number of rotatable bonds is 0. The van der Waals surface area contributed by atoms with Crippen molar-refractivity contribution in [3.8, 4) is 6.07 Å². The van der Waals surface area contributed by atoms with Gasteiger partial charge in [0.2, 0.25) is 5.78 Å². The van der Waals surface area contributed by atoms with Gasteiger partial charge >= 0.3 is 5.97 Å². The monoisotopic (exact) mass is 489 g/mol. The summed E-state index contributed by atoms with van der Waals surface area (Å²) >= 11 is 0. The molecular formula is C30H35NO5. The minimum atomic E-state index is -1.17. The molecule has 36 heavy (non-hydrogen) atoms. The molecule has 5 fully saturated rings. The van der Waals surface area contributed by atoms with E-state index < -0.39 is 38.5 Å². The Labute approximate surface area is 212 Å². The number of nitriles is 1. The molecule has 6 nitrogen and oxygen atoms in total. The van der Waals surface area contributed by atoms with E-state index in [0.29, 0.717) is 6.42 Å². The highest BCUT2D eigenvalue weighted by Crippen LogP contribution is 2.81. The normalized spacial score (nSPS) is 55.5. The zero-order valence-corrected chi connectivity index (χ0v) is 22.2. The molecule has 0 unspecified atom stereocenters. The van der Waals surface area contributed by atoms with Gasteiger partial charge in [0.1, 0.15) is 11.7 Å². The van der Waals surface area contributed by atoms with E-state index in [1.807, 2.05) is 6.92 Å². The maximum absolute atomic E-state index is 14.5. The Balaban J connectivity index is 1.48. The molecule has 0 amide bonds. The summed E-state index contributed by atoms with van der Waals surface area (Å²) in [6.45, 7) is 12.7. The lowest BCUT2D eigenvalue weighted by Crippen LogP contribution is -2.72. The lowest BCUT2D eigenvalue weighted by molar-refractivity contribution is -0.205. The number of epoxide rings is 1. The quantitative estimate of drug-likeness (QED) is 0.359. The summed E-state index contributed by atoms with van der Waals surface area (Å²) < 4.78 is 12.7. The second kappa shape index (κ2) is 5.75. The number of ketones is 2. The van der Waals surface area contributed by atoms with Gasteiger partial charge in [-0.25, -0.2) is 0 Å². The van der Waals surface area contributed by atoms with Crippen LogP contribution < -0.4 is 0 Å². The fraction of sp³-hybridized carbons (Fsp3) is 0.733. The molecule has 2 saturated heterocycles. The van der Waals surface area contributed by atoms with Crippen LogP contribution in [0, 0.1) is 44.3 Å². The highest BCUT2D eigenvalue weighted by molar-refractivity contribution is 6.10. The molecule has 8 atom stereocenters. The van der Waals surface area contributed by atoms with Crippen molar-refractivity contribution in [2.75, 3.05) is 0 Å². The van der Waals surface area contributed by atoms with Gasteiger partial charge in [0.05, 0.1) is 11.0 Å². The lowest BCUT2D eigenvalue weighted by atomic mass is 9.34. The zero-order valence-electron chi connectivity index (χ0n) is 22.2. The van der Waals surface area contributed by atoms with Gasteiger partial charge in [0, 0.05) is 16.7 Å². The molecule has 0 N–H and O–H groups in total. The summed E-state index contributed by atoms with van der Waals surface area (Å²) in [7, 11) is 0. The fourth-order valence-electron chi connectivity index (χ4n) is 10.5. The predicted molar refractivity (Wildman–Crippen MR) is 129 cm³/mol. The van der Waals surface area contributed by atoms with Crippen LogP contribution in [0.2, 0.25) is 0 Å². The van der Waals surface area contributed by atoms with Crippen LogP contribution in [-0.2, 0) is 23.9 Å². The number of nitrogens with zero attached hydrogens (tertiary/aromatic N) is 1. The first-order valence-electron chi connectivity index (χ1n) is 13.5. The van der Waals surface area contributed by atoms with Gasteiger partial charge in [-0.2, -0.15) is 5.26 Å². The Hall–Kier alpha value is -2.26. The van der Waals surface area contributed by atoms with Crippen LogP contribution in [0.1, 0.15) is 86.5 Å². The summed E-state index contributed by atoms with van der Waals surface area (Å²) in [5.74, 6) is -0.675. The van der Waals surface area contributed by atoms with Crippen LogP contribution in [0.25, 0.3) is 0 Å². The number of Topliss-reactive ketones (excluding diaryl/α,β-unsaturated/α-hetero) is 1. The van der Waals surface area contributed by atoms with Crippen LogP contribution in [0.4, 0.5) is 0 Å². The Bertz CT molecular complexity index is 1320. The Morgan fingerprint density at radius 1 is 0.944 bits per heavy atom. The van der Waals surface area contributed by atoms with Crippen molar-refractivity contribution in [2.24, 2.45) is 33.0 Å². The summed E-state index contributed by atoms with van der Waals surface area (Å²) in [6.07, 6.45) is 8.95. The Kier molecular flexibility index (Phi) is 3.66. The van der Waals surface area contributed by atoms with Crippen molar-refractivity contribution in [1.29, 1.82) is 5.26 Å². The van der Waals surface area contributed by atoms with E-state index in [9.17, 15) is 19.6 Å². The van der Waals surface area contributed by atoms with E-state index in [-0.39, 0.29) is 34.4 Å². The average molecular weight is 490 g/mol. The lowest BCUT2D eigenvalue weighted by Gasteiger charge is -2.67. The van der Waals surface area contributed by atoms with E-state index in [1.165, 1.54) is 0 Å². The zero-order chi connectivity index (χ0) is 25.9. The first kappa shape index (κ1) is 22.9. The molecule has 3 saturated carbocycles. The fourth-order valence-corrected chi connectivity index (χ4v) is 10.5. The molecule has 190 valence electrons. The maximum Gasteiger partial charge on any atom is 0.313 e. The standard InChI is InChI=1S/C30H35NO5/c1-23(2)7-10-28-11-9-26(5)24(3)8-12-29-25(4,14-17(16-31)21(33)27(29,6)36-29)18(24)13-20(32)30(26,19(28)15-23)35-22(28)34/h13-14,19H,7-12,15H2,1-6H3/t19-,24-,25-,26+,27-,28+,29+,30-/m1/s1. The van der Waals surface area contributed by atoms with Gasteiger partial charge in [0.15, 0.2) is 17.0 Å². The van der Waals surface area contributed by atoms with Crippen LogP contribution in [0.15, 0.2) is 23.3 Å². The summed E-state index contributed by atoms with van der Waals surface area (Å²) in [5, 5.41) is 9.82. The largest absolute Gasteiger partial charge is 0.449 e. The summed E-state index contributed by atoms with van der Waals surface area (Å²) in [6, 6.07) is 2.10. The second-order valence-corrected chi connectivity index (χ2v) is 14.5. The number of ether oxygens (including phenoxy) is 2. The molecule has 2 aliphatic heterocycles. The number of esters is 1. The van der Waals surface area contributed by atoms with Crippen LogP contribution >= 0.6 is 0 Å². The first-order valence-corrected chi connectivity index (χ1v) is 13.5. The molecule has 0 radical (unpaired) electrons. The highest BCUT2D eigenvalue weighted by atomic mass is 16.6. The van der Waals surface area contributed by atoms with Gasteiger partial charge in [-0.05, 0) is 87.3 Å². The SMILES string of the molecule is CC1(C)CC[C@@]23CC[C@@]4(C)[C@]5(C)CC[C@@]67O[C@]6(C)C(=O)C(C#N)=C[C@]7(C)C5=CC(=O)[C@]4(OC2=O)[C@@H]3C1. The number of carbonyl (C=O) groups is 3. The van der Waals surface area contributed by atoms with Crippen molar-refractivity contribution in [3.05, 3.63) is 23.3 Å². The van der Waals surface area contributed by atoms with Gasteiger partial charge in [-0.1, -0.05) is 27.7 Å². The van der Waals surface area contributed by atoms with Crippen molar-refractivity contribution >= 4 is 17.5 Å². The van der Waals surface area contributed by atoms with Crippen LogP contribution in [0.3, 0.4) is 0 Å². The van der Waals surface area contributed by atoms with E-state index in [1.54, 1.807) is 19.1 Å². The minimum Gasteiger partial charge on any atom is -0.449 e. The van der Waals surface area contributed by atoms with E-state index in [2.05, 4.69) is 33.8 Å². The number of fused-ring (bicyclic) bond motifs is 3. The third kappa shape index (κ3) is 1.90. The second-order valence-electron chi connectivity index (χ2n) is 14.5. The average Bonchev–Trinajstić information content (AvgIpc) is 3.41. The first-order chi connectivity index (χ1) is 16.6. The van der Waals surface area contributed by atoms with Crippen molar-refractivity contribution < 1.29 is 23.9 Å². The molecule has 2 spiro atoms. The summed E-state index contributed by atoms with van der Waals surface area (Å²) in [5.41, 5.74) is -4.24. The van der Waals surface area contributed by atoms with Gasteiger partial charge in [0.25, 0.3) is 0 Å². The number of carbonyl (C=O) groups excluding carboxylic acids is 3. The van der Waals surface area contributed by atoms with E-state index in [0.717, 1.165) is 44.1 Å². The van der Waals surface area contributed by atoms with Gasteiger partial charge in [-0.15, -0.1) is 0 Å². The molecule has 7 aliphatic rings. The van der Waals surface area contributed by atoms with E-state index in [4.69, 9.17) is 9.47 Å². The molecule has 7 rings (SSSR count). The van der Waals surface area contributed by atoms with Crippen LogP contribution in [-0.4, -0.2) is 34.3 Å². The Morgan fingerprint density at radius 2 is 1.64 bits per heavy atom. The van der Waals surface area contributed by atoms with Crippen molar-refractivity contribution in [1.82, 2.24) is 0 Å². The number of hydrogen-bond acceptors (Lipinski definition) is 6. The molecular weight excluding hydrogens is 454 g/mol. The minimum absolute atomic E-state index is 0.0407. The summed E-state index contributed by atoms with van der Waals surface area (Å²) in [4.78, 5) is 41.2. The number of hydrogen-bond donors (Lipinski definition) is 0. The predicted octanol–water partition coefficient (Wildman–Crippen LogP) is 4.77. The molecule has 0 aromatic heterocycles. The van der Waals surface area contributed by atoms with Gasteiger partial charge in [-0.3, -0.25) is 14.4 Å². The van der Waals surface area contributed by atoms with Gasteiger partial charge < -0.3 is 9.47 Å². The van der Waals surface area contributed by atoms with Crippen molar-refractivity contribution in [2.45, 2.75) is 103 Å². The molecule has 5 aliphatic carbocycles.